The predicted molar refractivity (Wildman–Crippen MR) is 169 cm³/mol. The van der Waals surface area contributed by atoms with Crippen molar-refractivity contribution in [2.75, 3.05) is 72.4 Å². The van der Waals surface area contributed by atoms with Crippen LogP contribution in [-0.4, -0.2) is 111 Å². The standard InChI is InChI=1S/C18H35NO3.C16H31NO3/c1-4-20-15-16-7-9-17(10-8-16)19-13-11-18(12-14-19,21-5-2)22-6-3;1-3-19-16(20-4-2)9-11-17(12-10-16)15-7-5-14(13-18)6-8-15/h16-17H,4-15H2,1-3H3;14-15,18H,3-13H2,1-2H3. The summed E-state index contributed by atoms with van der Waals surface area (Å²) in [6, 6.07) is 1.47. The van der Waals surface area contributed by atoms with Gasteiger partial charge < -0.3 is 28.8 Å². The van der Waals surface area contributed by atoms with Crippen LogP contribution in [0.1, 0.15) is 112 Å². The largest absolute Gasteiger partial charge is 0.396 e. The molecule has 2 heterocycles. The molecular weight excluding hydrogens is 532 g/mol. The van der Waals surface area contributed by atoms with Crippen LogP contribution in [0, 0.1) is 11.8 Å². The summed E-state index contributed by atoms with van der Waals surface area (Å²) < 4.78 is 29.3. The van der Waals surface area contributed by atoms with Crippen LogP contribution in [0.2, 0.25) is 0 Å². The molecule has 42 heavy (non-hydrogen) atoms. The fourth-order valence-electron chi connectivity index (χ4n) is 7.83. The highest BCUT2D eigenvalue weighted by molar-refractivity contribution is 4.88. The van der Waals surface area contributed by atoms with Crippen LogP contribution in [-0.2, 0) is 23.7 Å². The molecule has 0 spiro atoms. The maximum Gasteiger partial charge on any atom is 0.170 e. The van der Waals surface area contributed by atoms with Crippen molar-refractivity contribution in [3.05, 3.63) is 0 Å². The molecule has 2 saturated carbocycles. The van der Waals surface area contributed by atoms with Gasteiger partial charge in [0.1, 0.15) is 0 Å². The first kappa shape index (κ1) is 36.2. The first-order chi connectivity index (χ1) is 20.5. The maximum absolute atomic E-state index is 9.23. The van der Waals surface area contributed by atoms with E-state index in [9.17, 15) is 5.11 Å². The molecule has 4 aliphatic rings. The van der Waals surface area contributed by atoms with Crippen molar-refractivity contribution >= 4 is 0 Å². The highest BCUT2D eigenvalue weighted by atomic mass is 16.7. The first-order valence-electron chi connectivity index (χ1n) is 17.7. The second kappa shape index (κ2) is 19.3. The van der Waals surface area contributed by atoms with Crippen molar-refractivity contribution in [1.82, 2.24) is 9.80 Å². The van der Waals surface area contributed by atoms with Crippen LogP contribution < -0.4 is 0 Å². The number of nitrogens with zero attached hydrogens (tertiary/aromatic N) is 2. The van der Waals surface area contributed by atoms with Crippen LogP contribution in [0.3, 0.4) is 0 Å². The molecule has 0 unspecified atom stereocenters. The summed E-state index contributed by atoms with van der Waals surface area (Å²) in [6.45, 7) is 19.8. The number of ether oxygens (including phenoxy) is 5. The predicted octanol–water partition coefficient (Wildman–Crippen LogP) is 5.85. The van der Waals surface area contributed by atoms with Gasteiger partial charge in [0.25, 0.3) is 0 Å². The second-order valence-electron chi connectivity index (χ2n) is 12.8. The summed E-state index contributed by atoms with van der Waals surface area (Å²) >= 11 is 0. The van der Waals surface area contributed by atoms with Crippen LogP contribution in [0.5, 0.6) is 0 Å². The van der Waals surface area contributed by atoms with Crippen LogP contribution in [0.15, 0.2) is 0 Å². The molecular formula is C34H66N2O6. The first-order valence-corrected chi connectivity index (χ1v) is 17.7. The number of hydrogen-bond donors (Lipinski definition) is 1. The molecule has 8 heteroatoms. The van der Waals surface area contributed by atoms with E-state index in [1.54, 1.807) is 0 Å². The van der Waals surface area contributed by atoms with E-state index < -0.39 is 0 Å². The van der Waals surface area contributed by atoms with Gasteiger partial charge in [0.05, 0.1) is 0 Å². The Labute approximate surface area is 258 Å². The molecule has 8 nitrogen and oxygen atoms in total. The van der Waals surface area contributed by atoms with E-state index >= 15 is 0 Å². The average molecular weight is 599 g/mol. The lowest BCUT2D eigenvalue weighted by Gasteiger charge is -2.45. The van der Waals surface area contributed by atoms with Gasteiger partial charge in [-0.05, 0) is 97.8 Å². The number of rotatable bonds is 14. The highest BCUT2D eigenvalue weighted by Gasteiger charge is 2.39. The molecule has 1 N–H and O–H groups in total. The Morgan fingerprint density at radius 2 is 0.881 bits per heavy atom. The molecule has 0 radical (unpaired) electrons. The Hall–Kier alpha value is -0.320. The molecule has 2 aliphatic carbocycles. The molecule has 0 aromatic heterocycles. The number of aliphatic hydroxyl groups excluding tert-OH is 1. The normalized spacial score (nSPS) is 30.4. The van der Waals surface area contributed by atoms with Gasteiger partial charge in [-0.3, -0.25) is 9.80 Å². The minimum absolute atomic E-state index is 0.313. The quantitative estimate of drug-likeness (QED) is 0.250. The van der Waals surface area contributed by atoms with E-state index in [2.05, 4.69) is 30.6 Å². The molecule has 0 aromatic rings. The fraction of sp³-hybridized carbons (Fsp3) is 1.00. The topological polar surface area (TPSA) is 72.9 Å². The summed E-state index contributed by atoms with van der Waals surface area (Å²) in [7, 11) is 0. The number of aliphatic hydroxyl groups is 1. The Morgan fingerprint density at radius 1 is 0.524 bits per heavy atom. The average Bonchev–Trinajstić information content (AvgIpc) is 3.02. The third-order valence-corrected chi connectivity index (χ3v) is 10.2. The summed E-state index contributed by atoms with van der Waals surface area (Å²) in [5.41, 5.74) is 0. The molecule has 2 aliphatic heterocycles. The zero-order valence-corrected chi connectivity index (χ0v) is 28.0. The van der Waals surface area contributed by atoms with Gasteiger partial charge in [0.2, 0.25) is 0 Å². The van der Waals surface area contributed by atoms with Gasteiger partial charge in [0, 0.05) is 110 Å². The van der Waals surface area contributed by atoms with Crippen molar-refractivity contribution in [2.45, 2.75) is 135 Å². The number of piperidine rings is 2. The zero-order valence-electron chi connectivity index (χ0n) is 28.0. The van der Waals surface area contributed by atoms with Crippen LogP contribution in [0.4, 0.5) is 0 Å². The lowest BCUT2D eigenvalue weighted by molar-refractivity contribution is -0.255. The van der Waals surface area contributed by atoms with Crippen molar-refractivity contribution in [3.63, 3.8) is 0 Å². The summed E-state index contributed by atoms with van der Waals surface area (Å²) in [4.78, 5) is 5.29. The number of likely N-dealkylation sites (tertiary alicyclic amines) is 2. The third-order valence-electron chi connectivity index (χ3n) is 10.2. The summed E-state index contributed by atoms with van der Waals surface area (Å²) in [6.07, 6.45) is 14.1. The van der Waals surface area contributed by atoms with E-state index in [0.29, 0.717) is 18.6 Å². The van der Waals surface area contributed by atoms with Crippen molar-refractivity contribution in [1.29, 1.82) is 0 Å². The second-order valence-corrected chi connectivity index (χ2v) is 12.8. The van der Waals surface area contributed by atoms with Crippen molar-refractivity contribution in [2.24, 2.45) is 11.8 Å². The molecule has 2 saturated heterocycles. The Morgan fingerprint density at radius 3 is 1.19 bits per heavy atom. The van der Waals surface area contributed by atoms with Crippen molar-refractivity contribution in [3.8, 4) is 0 Å². The van der Waals surface area contributed by atoms with Gasteiger partial charge in [-0.15, -0.1) is 0 Å². The fourth-order valence-corrected chi connectivity index (χ4v) is 7.83. The molecule has 4 rings (SSSR count). The SMILES string of the molecule is CCOC1(OCC)CCN(C2CCC(CO)CC2)CC1.CCOCC1CCC(N2CCC(OCC)(OCC)CC2)CC1. The van der Waals surface area contributed by atoms with E-state index in [0.717, 1.165) is 103 Å². The highest BCUT2D eigenvalue weighted by Crippen LogP contribution is 2.35. The molecule has 0 aromatic carbocycles. The Kier molecular flexibility index (Phi) is 16.6. The molecule has 0 atom stereocenters. The summed E-state index contributed by atoms with van der Waals surface area (Å²) in [5, 5.41) is 9.23. The maximum atomic E-state index is 9.23. The monoisotopic (exact) mass is 598 g/mol. The lowest BCUT2D eigenvalue weighted by atomic mass is 9.85. The molecule has 0 bridgehead atoms. The minimum Gasteiger partial charge on any atom is -0.396 e. The summed E-state index contributed by atoms with van der Waals surface area (Å²) in [5.74, 6) is 0.683. The van der Waals surface area contributed by atoms with Gasteiger partial charge >= 0.3 is 0 Å². The van der Waals surface area contributed by atoms with E-state index in [1.165, 1.54) is 51.4 Å². The van der Waals surface area contributed by atoms with Crippen LogP contribution >= 0.6 is 0 Å². The molecule has 248 valence electrons. The lowest BCUT2D eigenvalue weighted by Crippen LogP contribution is -2.51. The third kappa shape index (κ3) is 10.9. The van der Waals surface area contributed by atoms with Crippen LogP contribution in [0.25, 0.3) is 0 Å². The smallest absolute Gasteiger partial charge is 0.170 e. The van der Waals surface area contributed by atoms with Gasteiger partial charge in [0.15, 0.2) is 11.6 Å². The van der Waals surface area contributed by atoms with Gasteiger partial charge in [-0.1, -0.05) is 0 Å². The van der Waals surface area contributed by atoms with Gasteiger partial charge in [-0.25, -0.2) is 0 Å². The van der Waals surface area contributed by atoms with Gasteiger partial charge in [-0.2, -0.15) is 0 Å². The number of hydrogen-bond acceptors (Lipinski definition) is 8. The minimum atomic E-state index is -0.331. The zero-order chi connectivity index (χ0) is 30.3. The van der Waals surface area contributed by atoms with Crippen molar-refractivity contribution < 1.29 is 28.8 Å². The van der Waals surface area contributed by atoms with E-state index in [-0.39, 0.29) is 11.6 Å². The van der Waals surface area contributed by atoms with E-state index in [4.69, 9.17) is 23.7 Å². The Bertz CT molecular complexity index is 664. The molecule has 0 amide bonds. The molecule has 4 fully saturated rings. The Balaban J connectivity index is 0.000000231. The van der Waals surface area contributed by atoms with E-state index in [1.807, 2.05) is 13.8 Å².